The van der Waals surface area contributed by atoms with Crippen LogP contribution in [0.15, 0.2) is 104 Å². The van der Waals surface area contributed by atoms with Gasteiger partial charge in [0.15, 0.2) is 6.29 Å². The molecule has 0 aliphatic carbocycles. The zero-order chi connectivity index (χ0) is 33.5. The highest BCUT2D eigenvalue weighted by Gasteiger charge is 2.49. The topological polar surface area (TPSA) is 126 Å². The summed E-state index contributed by atoms with van der Waals surface area (Å²) in [5, 5.41) is 1.18. The number of H-pyrrole nitrogens is 2. The molecule has 0 radical (unpaired) electrons. The van der Waals surface area contributed by atoms with Gasteiger partial charge in [0, 0.05) is 23.7 Å². The molecule has 0 bridgehead atoms. The molecule has 10 nitrogen and oxygen atoms in total. The molecule has 4 N–H and O–H groups in total. The quantitative estimate of drug-likeness (QED) is 0.0853. The molecular formula is C39H48N4O6. The molecule has 10 heteroatoms. The Morgan fingerprint density at radius 2 is 1.41 bits per heavy atom. The molecule has 1 saturated heterocycles. The van der Waals surface area contributed by atoms with E-state index in [1.807, 2.05) is 48.7 Å². The summed E-state index contributed by atoms with van der Waals surface area (Å²) in [7, 11) is 0. The van der Waals surface area contributed by atoms with Gasteiger partial charge >= 0.3 is 0 Å². The average Bonchev–Trinajstić information content (AvgIpc) is 3.82. The Bertz CT molecular complexity index is 1620. The van der Waals surface area contributed by atoms with Crippen molar-refractivity contribution in [2.75, 3.05) is 26.4 Å². The van der Waals surface area contributed by atoms with Crippen LogP contribution >= 0.6 is 0 Å². The van der Waals surface area contributed by atoms with Gasteiger partial charge < -0.3 is 44.1 Å². The Labute approximate surface area is 288 Å². The molecule has 6 rings (SSSR count). The van der Waals surface area contributed by atoms with Gasteiger partial charge in [-0.1, -0.05) is 78.9 Å². The van der Waals surface area contributed by atoms with Crippen molar-refractivity contribution in [1.82, 2.24) is 15.0 Å². The number of aromatic nitrogens is 3. The van der Waals surface area contributed by atoms with Crippen LogP contribution in [0, 0.1) is 0 Å². The second-order valence-corrected chi connectivity index (χ2v) is 12.3. The number of fused-ring (bicyclic) bond motifs is 1. The number of benzene rings is 3. The number of nitrogens with two attached hydrogens (primary N) is 1. The third-order valence-corrected chi connectivity index (χ3v) is 8.75. The largest absolute Gasteiger partial charge is 0.379 e. The predicted octanol–water partition coefficient (Wildman–Crippen LogP) is 6.08. The number of hydrogen-bond acceptors (Lipinski definition) is 8. The molecule has 3 aromatic carbocycles. The fourth-order valence-electron chi connectivity index (χ4n) is 6.15. The van der Waals surface area contributed by atoms with Gasteiger partial charge in [-0.2, -0.15) is 0 Å². The highest BCUT2D eigenvalue weighted by molar-refractivity contribution is 5.83. The standard InChI is InChI=1S/C39H48N4O6/c40-19-10-3-11-20-44-27-35-36(46-24-29-12-4-1-5-13-29)37(47-25-30-14-6-2-7-15-30)38(48-26-32-23-41-28-43-32)39(49-35)45-21-18-31-22-42-34-17-9-8-16-33(31)34/h1-2,4-9,12-17,22-23,28,35-39,42H,3,10-11,18-21,24-27,40H2,(H,41,43)/t35-,36-,37+,38+,39+/m0/s1. The monoisotopic (exact) mass is 668 g/mol. The van der Waals surface area contributed by atoms with Crippen LogP contribution in [0.2, 0.25) is 0 Å². The zero-order valence-corrected chi connectivity index (χ0v) is 28.0. The van der Waals surface area contributed by atoms with Gasteiger partial charge in [0.25, 0.3) is 0 Å². The van der Waals surface area contributed by atoms with Crippen LogP contribution in [0.4, 0.5) is 0 Å². The summed E-state index contributed by atoms with van der Waals surface area (Å²) in [6.45, 7) is 3.05. The number of hydrogen-bond donors (Lipinski definition) is 3. The van der Waals surface area contributed by atoms with E-state index in [1.54, 1.807) is 12.5 Å². The summed E-state index contributed by atoms with van der Waals surface area (Å²) in [6.07, 6.45) is 6.18. The highest BCUT2D eigenvalue weighted by Crippen LogP contribution is 2.32. The number of aromatic amines is 2. The molecular weight excluding hydrogens is 620 g/mol. The lowest BCUT2D eigenvalue weighted by molar-refractivity contribution is -0.328. The van der Waals surface area contributed by atoms with E-state index in [0.29, 0.717) is 46.0 Å². The maximum absolute atomic E-state index is 6.77. The Hall–Kier alpha value is -3.87. The van der Waals surface area contributed by atoms with Crippen LogP contribution in [-0.2, 0) is 54.7 Å². The first-order chi connectivity index (χ1) is 24.3. The van der Waals surface area contributed by atoms with Crippen LogP contribution in [0.5, 0.6) is 0 Å². The molecule has 0 spiro atoms. The average molecular weight is 669 g/mol. The molecule has 0 saturated carbocycles. The second-order valence-electron chi connectivity index (χ2n) is 12.3. The molecule has 1 aliphatic rings. The van der Waals surface area contributed by atoms with Crippen molar-refractivity contribution in [3.63, 3.8) is 0 Å². The van der Waals surface area contributed by atoms with Gasteiger partial charge in [-0.3, -0.25) is 0 Å². The molecule has 1 fully saturated rings. The number of nitrogens with zero attached hydrogens (tertiary/aromatic N) is 1. The molecule has 3 heterocycles. The highest BCUT2D eigenvalue weighted by atomic mass is 16.7. The maximum atomic E-state index is 6.77. The van der Waals surface area contributed by atoms with Crippen LogP contribution in [0.3, 0.4) is 0 Å². The zero-order valence-electron chi connectivity index (χ0n) is 28.0. The van der Waals surface area contributed by atoms with E-state index in [1.165, 1.54) is 10.9 Å². The molecule has 0 unspecified atom stereocenters. The third-order valence-electron chi connectivity index (χ3n) is 8.75. The summed E-state index contributed by atoms with van der Waals surface area (Å²) >= 11 is 0. The first-order valence-corrected chi connectivity index (χ1v) is 17.3. The first-order valence-electron chi connectivity index (χ1n) is 17.3. The van der Waals surface area contributed by atoms with Gasteiger partial charge in [-0.15, -0.1) is 0 Å². The SMILES string of the molecule is NCCCCCOC[C@@H]1O[C@@H](OCCc2c[nH]c3ccccc23)[C@H](OCc2cnc[nH]2)[C@H](OCc2ccccc2)[C@H]1OCc1ccccc1. The molecule has 0 amide bonds. The van der Waals surface area contributed by atoms with E-state index in [-0.39, 0.29) is 6.61 Å². The van der Waals surface area contributed by atoms with Gasteiger partial charge in [0.05, 0.1) is 51.3 Å². The first kappa shape index (κ1) is 35.0. The van der Waals surface area contributed by atoms with E-state index in [4.69, 9.17) is 34.2 Å². The molecule has 2 aromatic heterocycles. The van der Waals surface area contributed by atoms with Crippen molar-refractivity contribution in [2.45, 2.75) is 76.2 Å². The smallest absolute Gasteiger partial charge is 0.186 e. The van der Waals surface area contributed by atoms with Gasteiger partial charge in [0.2, 0.25) is 0 Å². The number of ether oxygens (including phenoxy) is 6. The van der Waals surface area contributed by atoms with E-state index in [0.717, 1.165) is 41.6 Å². The van der Waals surface area contributed by atoms with E-state index < -0.39 is 30.7 Å². The lowest BCUT2D eigenvalue weighted by atomic mass is 9.97. The van der Waals surface area contributed by atoms with Crippen LogP contribution < -0.4 is 5.73 Å². The normalized spacial score (nSPS) is 21.0. The van der Waals surface area contributed by atoms with Crippen molar-refractivity contribution in [3.05, 3.63) is 126 Å². The van der Waals surface area contributed by atoms with Crippen LogP contribution in [0.25, 0.3) is 10.9 Å². The van der Waals surface area contributed by atoms with E-state index >= 15 is 0 Å². The minimum absolute atomic E-state index is 0.273. The van der Waals surface area contributed by atoms with Crippen molar-refractivity contribution in [2.24, 2.45) is 5.73 Å². The number of imidazole rings is 1. The van der Waals surface area contributed by atoms with Crippen molar-refractivity contribution in [1.29, 1.82) is 0 Å². The molecule has 1 aliphatic heterocycles. The third kappa shape index (κ3) is 10.1. The van der Waals surface area contributed by atoms with Gasteiger partial charge in [-0.25, -0.2) is 4.98 Å². The van der Waals surface area contributed by atoms with E-state index in [9.17, 15) is 0 Å². The Morgan fingerprint density at radius 1 is 0.694 bits per heavy atom. The number of nitrogens with one attached hydrogen (secondary N) is 2. The Kier molecular flexibility index (Phi) is 13.4. The fraction of sp³-hybridized carbons (Fsp3) is 0.410. The Morgan fingerprint density at radius 3 is 2.14 bits per heavy atom. The molecule has 260 valence electrons. The number of unbranched alkanes of at least 4 members (excludes halogenated alkanes) is 2. The van der Waals surface area contributed by atoms with Gasteiger partial charge in [-0.05, 0) is 55.0 Å². The molecule has 5 atom stereocenters. The second kappa shape index (κ2) is 18.8. The summed E-state index contributed by atoms with van der Waals surface area (Å²) < 4.78 is 39.6. The summed E-state index contributed by atoms with van der Waals surface area (Å²) in [5.74, 6) is 0. The van der Waals surface area contributed by atoms with Crippen molar-refractivity contribution >= 4 is 10.9 Å². The Balaban J connectivity index is 1.25. The van der Waals surface area contributed by atoms with Crippen molar-refractivity contribution < 1.29 is 28.4 Å². The summed E-state index contributed by atoms with van der Waals surface area (Å²) in [6, 6.07) is 28.5. The van der Waals surface area contributed by atoms with Crippen LogP contribution in [0.1, 0.15) is 41.6 Å². The maximum Gasteiger partial charge on any atom is 0.186 e. The number of rotatable bonds is 20. The number of para-hydroxylation sites is 1. The minimum atomic E-state index is -0.740. The summed E-state index contributed by atoms with van der Waals surface area (Å²) in [4.78, 5) is 10.7. The van der Waals surface area contributed by atoms with Gasteiger partial charge in [0.1, 0.15) is 24.4 Å². The van der Waals surface area contributed by atoms with E-state index in [2.05, 4.69) is 57.4 Å². The lowest BCUT2D eigenvalue weighted by Gasteiger charge is -2.45. The fourth-order valence-corrected chi connectivity index (χ4v) is 6.15. The van der Waals surface area contributed by atoms with Crippen LogP contribution in [-0.4, -0.2) is 72.0 Å². The lowest BCUT2D eigenvalue weighted by Crippen LogP contribution is -2.61. The van der Waals surface area contributed by atoms with Crippen molar-refractivity contribution in [3.8, 4) is 0 Å². The predicted molar refractivity (Wildman–Crippen MR) is 188 cm³/mol. The minimum Gasteiger partial charge on any atom is -0.379 e. The molecule has 49 heavy (non-hydrogen) atoms. The summed E-state index contributed by atoms with van der Waals surface area (Å²) in [5.41, 5.74) is 10.9. The molecule has 5 aromatic rings.